The van der Waals surface area contributed by atoms with Gasteiger partial charge >= 0.3 is 0 Å². The molecular formula is C12H25NO. The number of hydrogen-bond acceptors (Lipinski definition) is 2. The van der Waals surface area contributed by atoms with Crippen LogP contribution < -0.4 is 5.73 Å². The van der Waals surface area contributed by atoms with E-state index in [0.717, 1.165) is 32.1 Å². The molecule has 0 aromatic carbocycles. The first-order valence-corrected chi connectivity index (χ1v) is 5.88. The molecule has 0 aliphatic rings. The van der Waals surface area contributed by atoms with Gasteiger partial charge in [-0.1, -0.05) is 33.6 Å². The van der Waals surface area contributed by atoms with E-state index in [-0.39, 0.29) is 5.92 Å². The first kappa shape index (κ1) is 13.6. The first-order chi connectivity index (χ1) is 6.65. The van der Waals surface area contributed by atoms with Crippen molar-refractivity contribution in [3.05, 3.63) is 0 Å². The van der Waals surface area contributed by atoms with Crippen LogP contribution in [0.2, 0.25) is 0 Å². The van der Waals surface area contributed by atoms with Crippen molar-refractivity contribution in [1.29, 1.82) is 0 Å². The van der Waals surface area contributed by atoms with Crippen molar-refractivity contribution >= 4 is 5.78 Å². The molecule has 0 rings (SSSR count). The quantitative estimate of drug-likeness (QED) is 0.653. The molecule has 84 valence electrons. The summed E-state index contributed by atoms with van der Waals surface area (Å²) in [5, 5.41) is 0. The molecule has 0 saturated heterocycles. The van der Waals surface area contributed by atoms with E-state index in [4.69, 9.17) is 5.73 Å². The van der Waals surface area contributed by atoms with Gasteiger partial charge in [-0.3, -0.25) is 4.79 Å². The number of Topliss-reactive ketones (excluding diaryl/α,β-unsaturated/α-hetero) is 1. The molecule has 0 heterocycles. The van der Waals surface area contributed by atoms with Crippen LogP contribution in [-0.2, 0) is 4.79 Å². The van der Waals surface area contributed by atoms with Gasteiger partial charge in [-0.25, -0.2) is 0 Å². The van der Waals surface area contributed by atoms with E-state index in [2.05, 4.69) is 13.8 Å². The minimum absolute atomic E-state index is 0.208. The summed E-state index contributed by atoms with van der Waals surface area (Å²) in [6.45, 7) is 7.04. The third-order valence-electron chi connectivity index (χ3n) is 3.04. The van der Waals surface area contributed by atoms with Crippen molar-refractivity contribution in [3.63, 3.8) is 0 Å². The van der Waals surface area contributed by atoms with Crippen LogP contribution in [0.1, 0.15) is 52.9 Å². The van der Waals surface area contributed by atoms with Crippen LogP contribution in [0.25, 0.3) is 0 Å². The monoisotopic (exact) mass is 199 g/mol. The molecule has 2 heteroatoms. The molecule has 0 fully saturated rings. The summed E-state index contributed by atoms with van der Waals surface area (Å²) in [6, 6.07) is 0. The fraction of sp³-hybridized carbons (Fsp3) is 0.917. The van der Waals surface area contributed by atoms with E-state index in [1.54, 1.807) is 0 Å². The number of nitrogens with two attached hydrogens (primary N) is 1. The van der Waals surface area contributed by atoms with Crippen molar-refractivity contribution in [3.8, 4) is 0 Å². The van der Waals surface area contributed by atoms with Gasteiger partial charge in [-0.15, -0.1) is 0 Å². The van der Waals surface area contributed by atoms with Gasteiger partial charge in [0.2, 0.25) is 0 Å². The number of hydrogen-bond donors (Lipinski definition) is 1. The molecule has 0 aliphatic heterocycles. The van der Waals surface area contributed by atoms with E-state index < -0.39 is 0 Å². The average molecular weight is 199 g/mol. The number of ketones is 1. The van der Waals surface area contributed by atoms with Gasteiger partial charge in [0, 0.05) is 12.3 Å². The van der Waals surface area contributed by atoms with E-state index in [1.165, 1.54) is 0 Å². The van der Waals surface area contributed by atoms with Gasteiger partial charge in [-0.05, 0) is 25.3 Å². The molecule has 0 aromatic heterocycles. The highest BCUT2D eigenvalue weighted by Crippen LogP contribution is 2.17. The summed E-state index contributed by atoms with van der Waals surface area (Å²) in [4.78, 5) is 11.7. The molecule has 0 amide bonds. The van der Waals surface area contributed by atoms with Crippen molar-refractivity contribution in [2.24, 2.45) is 17.6 Å². The smallest absolute Gasteiger partial charge is 0.135 e. The highest BCUT2D eigenvalue weighted by Gasteiger charge is 2.16. The second kappa shape index (κ2) is 7.98. The Kier molecular flexibility index (Phi) is 7.77. The van der Waals surface area contributed by atoms with Crippen LogP contribution in [-0.4, -0.2) is 12.3 Å². The molecule has 0 aliphatic carbocycles. The SMILES string of the molecule is CCC(CC)CC(=O)C(C)CCCN. The van der Waals surface area contributed by atoms with Gasteiger partial charge in [0.15, 0.2) is 0 Å². The Labute approximate surface area is 88.3 Å². The molecule has 0 bridgehead atoms. The molecule has 0 radical (unpaired) electrons. The maximum atomic E-state index is 11.7. The normalized spacial score (nSPS) is 13.2. The third kappa shape index (κ3) is 5.38. The molecule has 14 heavy (non-hydrogen) atoms. The standard InChI is InChI=1S/C12H25NO/c1-4-11(5-2)9-12(14)10(3)7-6-8-13/h10-11H,4-9,13H2,1-3H3. The summed E-state index contributed by atoms with van der Waals surface area (Å²) in [7, 11) is 0. The lowest BCUT2D eigenvalue weighted by molar-refractivity contribution is -0.123. The van der Waals surface area contributed by atoms with Gasteiger partial charge < -0.3 is 5.73 Å². The zero-order valence-corrected chi connectivity index (χ0v) is 9.88. The maximum Gasteiger partial charge on any atom is 0.135 e. The molecule has 0 saturated carbocycles. The van der Waals surface area contributed by atoms with Crippen molar-refractivity contribution in [1.82, 2.24) is 0 Å². The van der Waals surface area contributed by atoms with Crippen LogP contribution in [0.15, 0.2) is 0 Å². The molecule has 2 nitrogen and oxygen atoms in total. The first-order valence-electron chi connectivity index (χ1n) is 5.88. The molecular weight excluding hydrogens is 174 g/mol. The second-order valence-electron chi connectivity index (χ2n) is 4.18. The molecule has 0 aromatic rings. The van der Waals surface area contributed by atoms with E-state index >= 15 is 0 Å². The number of carbonyl (C=O) groups excluding carboxylic acids is 1. The summed E-state index contributed by atoms with van der Waals surface area (Å²) < 4.78 is 0. The number of carbonyl (C=O) groups is 1. The molecule has 1 unspecified atom stereocenters. The van der Waals surface area contributed by atoms with E-state index in [9.17, 15) is 4.79 Å². The second-order valence-corrected chi connectivity index (χ2v) is 4.18. The fourth-order valence-electron chi connectivity index (χ4n) is 1.65. The highest BCUT2D eigenvalue weighted by molar-refractivity contribution is 5.80. The van der Waals surface area contributed by atoms with Crippen molar-refractivity contribution in [2.45, 2.75) is 52.9 Å². The Hall–Kier alpha value is -0.370. The fourth-order valence-corrected chi connectivity index (χ4v) is 1.65. The van der Waals surface area contributed by atoms with Gasteiger partial charge in [-0.2, -0.15) is 0 Å². The Morgan fingerprint density at radius 3 is 2.29 bits per heavy atom. The van der Waals surface area contributed by atoms with E-state index in [1.807, 2.05) is 6.92 Å². The van der Waals surface area contributed by atoms with Crippen LogP contribution >= 0.6 is 0 Å². The summed E-state index contributed by atoms with van der Waals surface area (Å²) in [5.74, 6) is 1.22. The van der Waals surface area contributed by atoms with Gasteiger partial charge in [0.05, 0.1) is 0 Å². The van der Waals surface area contributed by atoms with E-state index in [0.29, 0.717) is 18.2 Å². The largest absolute Gasteiger partial charge is 0.330 e. The maximum absolute atomic E-state index is 11.7. The average Bonchev–Trinajstić information content (AvgIpc) is 2.21. The molecule has 0 spiro atoms. The van der Waals surface area contributed by atoms with Crippen molar-refractivity contribution in [2.75, 3.05) is 6.54 Å². The van der Waals surface area contributed by atoms with Gasteiger partial charge in [0.1, 0.15) is 5.78 Å². The Morgan fingerprint density at radius 1 is 1.29 bits per heavy atom. The lowest BCUT2D eigenvalue weighted by atomic mass is 9.90. The predicted molar refractivity (Wildman–Crippen MR) is 61.1 cm³/mol. The lowest BCUT2D eigenvalue weighted by Gasteiger charge is -2.15. The topological polar surface area (TPSA) is 43.1 Å². The summed E-state index contributed by atoms with van der Waals surface area (Å²) >= 11 is 0. The third-order valence-corrected chi connectivity index (χ3v) is 3.04. The highest BCUT2D eigenvalue weighted by atomic mass is 16.1. The predicted octanol–water partition coefficient (Wildman–Crippen LogP) is 2.76. The Balaban J connectivity index is 3.81. The minimum Gasteiger partial charge on any atom is -0.330 e. The molecule has 2 N–H and O–H groups in total. The van der Waals surface area contributed by atoms with Crippen LogP contribution in [0, 0.1) is 11.8 Å². The number of rotatable bonds is 8. The Bertz CT molecular complexity index is 152. The zero-order chi connectivity index (χ0) is 11.0. The summed E-state index contributed by atoms with van der Waals surface area (Å²) in [5.41, 5.74) is 5.42. The van der Waals surface area contributed by atoms with Crippen LogP contribution in [0.3, 0.4) is 0 Å². The van der Waals surface area contributed by atoms with Crippen LogP contribution in [0.4, 0.5) is 0 Å². The Morgan fingerprint density at radius 2 is 1.86 bits per heavy atom. The van der Waals surface area contributed by atoms with Gasteiger partial charge in [0.25, 0.3) is 0 Å². The zero-order valence-electron chi connectivity index (χ0n) is 9.88. The van der Waals surface area contributed by atoms with Crippen molar-refractivity contribution < 1.29 is 4.79 Å². The summed E-state index contributed by atoms with van der Waals surface area (Å²) in [6.07, 6.45) is 4.92. The minimum atomic E-state index is 0.208. The van der Waals surface area contributed by atoms with Crippen LogP contribution in [0.5, 0.6) is 0 Å². The lowest BCUT2D eigenvalue weighted by Crippen LogP contribution is -2.16. The molecule has 1 atom stereocenters.